The number of rotatable bonds is 8. The largest absolute Gasteiger partial charge is 0.462 e. The van der Waals surface area contributed by atoms with Gasteiger partial charge >= 0.3 is 6.01 Å². The van der Waals surface area contributed by atoms with E-state index in [1.807, 2.05) is 11.9 Å². The first-order valence-corrected chi connectivity index (χ1v) is 16.0. The maximum atomic E-state index is 14.8. The molecule has 46 heavy (non-hydrogen) atoms. The number of aromatic nitrogens is 2. The summed E-state index contributed by atoms with van der Waals surface area (Å²) in [6.45, 7) is 6.92. The minimum atomic E-state index is -1.26. The lowest BCUT2D eigenvalue weighted by Crippen LogP contribution is -2.55. The predicted octanol–water partition coefficient (Wildman–Crippen LogP) is 3.79. The van der Waals surface area contributed by atoms with Crippen LogP contribution in [0.15, 0.2) is 48.6 Å². The molecule has 3 aliphatic heterocycles. The highest BCUT2D eigenvalue weighted by molar-refractivity contribution is 5.97. The van der Waals surface area contributed by atoms with E-state index in [-0.39, 0.29) is 43.6 Å². The standard InChI is InChI=1S/C35H42FN7O3/c1-24-7-4-8-25-9-5-10-30(32(24)25)41-15-13-28-29(21-41)38-34(46-22-27-19-35(2,36)23-40(27)3)39-33(28)42-16-17-43(26(20-42)12-14-37)31(45)11-6-18-44/h4-11,26-27,44H,12-13,15-23H2,1-3H3/b11-6+/t26-,27-,35?/m0/s1. The third kappa shape index (κ3) is 6.50. The molecule has 4 heterocycles. The number of piperazine rings is 1. The molecule has 2 aromatic carbocycles. The second-order valence-electron chi connectivity index (χ2n) is 13.0. The minimum absolute atomic E-state index is 0.0882. The van der Waals surface area contributed by atoms with Gasteiger partial charge in [0.2, 0.25) is 5.91 Å². The normalized spacial score (nSPS) is 23.6. The highest BCUT2D eigenvalue weighted by atomic mass is 19.1. The molecule has 10 nitrogen and oxygen atoms in total. The van der Waals surface area contributed by atoms with Gasteiger partial charge < -0.3 is 24.5 Å². The van der Waals surface area contributed by atoms with Gasteiger partial charge in [0, 0.05) is 67.9 Å². The van der Waals surface area contributed by atoms with E-state index in [1.54, 1.807) is 11.8 Å². The lowest BCUT2D eigenvalue weighted by molar-refractivity contribution is -0.128. The van der Waals surface area contributed by atoms with Crippen LogP contribution in [0.3, 0.4) is 0 Å². The zero-order valence-corrected chi connectivity index (χ0v) is 26.8. The molecule has 3 aliphatic rings. The lowest BCUT2D eigenvalue weighted by atomic mass is 9.99. The molecule has 242 valence electrons. The maximum absolute atomic E-state index is 14.8. The molecule has 3 aromatic rings. The van der Waals surface area contributed by atoms with Crippen molar-refractivity contribution in [2.75, 3.05) is 62.8 Å². The van der Waals surface area contributed by atoms with E-state index < -0.39 is 5.67 Å². The lowest BCUT2D eigenvalue weighted by Gasteiger charge is -2.42. The van der Waals surface area contributed by atoms with Crippen LogP contribution in [0.2, 0.25) is 0 Å². The number of likely N-dealkylation sites (tertiary alicyclic amines) is 1. The SMILES string of the molecule is Cc1cccc2cccc(N3CCc4c(nc(OC[C@@H]5CC(C)(F)CN5C)nc4N4CCN(C(=O)/C=C/CO)[C@@H](CC#N)C4)C3)c12. The van der Waals surface area contributed by atoms with Gasteiger partial charge in [0.05, 0.1) is 37.4 Å². The van der Waals surface area contributed by atoms with Gasteiger partial charge in [-0.3, -0.25) is 9.69 Å². The third-order valence-corrected chi connectivity index (χ3v) is 9.48. The number of ether oxygens (including phenoxy) is 1. The van der Waals surface area contributed by atoms with Crippen molar-refractivity contribution in [3.05, 3.63) is 65.4 Å². The number of fused-ring (bicyclic) bond motifs is 2. The van der Waals surface area contributed by atoms with Crippen LogP contribution in [0.25, 0.3) is 10.8 Å². The van der Waals surface area contributed by atoms with Crippen molar-refractivity contribution < 1.29 is 19.0 Å². The van der Waals surface area contributed by atoms with E-state index >= 15 is 0 Å². The molecule has 2 fully saturated rings. The number of carbonyl (C=O) groups excluding carboxylic acids is 1. The molecular weight excluding hydrogens is 585 g/mol. The number of carbonyl (C=O) groups is 1. The number of benzene rings is 2. The average Bonchev–Trinajstić information content (AvgIpc) is 3.32. The molecule has 11 heteroatoms. The Morgan fingerprint density at radius 3 is 2.72 bits per heavy atom. The molecule has 3 atom stereocenters. The van der Waals surface area contributed by atoms with Crippen molar-refractivity contribution in [1.29, 1.82) is 5.26 Å². The number of hydrogen-bond donors (Lipinski definition) is 1. The van der Waals surface area contributed by atoms with Crippen LogP contribution < -0.4 is 14.5 Å². The number of aliphatic hydroxyl groups is 1. The van der Waals surface area contributed by atoms with Crippen LogP contribution >= 0.6 is 0 Å². The van der Waals surface area contributed by atoms with Crippen molar-refractivity contribution in [1.82, 2.24) is 19.8 Å². The van der Waals surface area contributed by atoms with Gasteiger partial charge in [0.25, 0.3) is 0 Å². The fourth-order valence-electron chi connectivity index (χ4n) is 7.27. The summed E-state index contributed by atoms with van der Waals surface area (Å²) in [7, 11) is 1.91. The van der Waals surface area contributed by atoms with Gasteiger partial charge in [-0.1, -0.05) is 36.4 Å². The van der Waals surface area contributed by atoms with E-state index in [0.717, 1.165) is 35.7 Å². The van der Waals surface area contributed by atoms with E-state index in [2.05, 4.69) is 59.2 Å². The van der Waals surface area contributed by atoms with Gasteiger partial charge in [-0.2, -0.15) is 15.2 Å². The quantitative estimate of drug-likeness (QED) is 0.373. The summed E-state index contributed by atoms with van der Waals surface area (Å²) in [6, 6.07) is 14.8. The van der Waals surface area contributed by atoms with Crippen molar-refractivity contribution in [2.24, 2.45) is 0 Å². The number of anilines is 2. The summed E-state index contributed by atoms with van der Waals surface area (Å²) in [5, 5.41) is 21.2. The number of alkyl halides is 1. The summed E-state index contributed by atoms with van der Waals surface area (Å²) < 4.78 is 21.0. The molecule has 1 N–H and O–H groups in total. The Kier molecular flexibility index (Phi) is 9.11. The van der Waals surface area contributed by atoms with Crippen LogP contribution in [0.4, 0.5) is 15.9 Å². The molecule has 1 unspecified atom stereocenters. The van der Waals surface area contributed by atoms with Crippen molar-refractivity contribution in [3.8, 4) is 12.1 Å². The van der Waals surface area contributed by atoms with E-state index in [9.17, 15) is 14.4 Å². The number of amides is 1. The average molecular weight is 628 g/mol. The summed E-state index contributed by atoms with van der Waals surface area (Å²) in [5.41, 5.74) is 3.05. The van der Waals surface area contributed by atoms with Crippen LogP contribution in [0.5, 0.6) is 6.01 Å². The first-order valence-electron chi connectivity index (χ1n) is 16.0. The van der Waals surface area contributed by atoms with Gasteiger partial charge in [-0.25, -0.2) is 4.39 Å². The Balaban J connectivity index is 1.32. The molecule has 6 rings (SSSR count). The Morgan fingerprint density at radius 2 is 1.98 bits per heavy atom. The minimum Gasteiger partial charge on any atom is -0.462 e. The Bertz CT molecular complexity index is 1670. The summed E-state index contributed by atoms with van der Waals surface area (Å²) in [6.07, 6.45) is 4.06. The van der Waals surface area contributed by atoms with Crippen LogP contribution in [0, 0.1) is 18.3 Å². The summed E-state index contributed by atoms with van der Waals surface area (Å²) in [5.74, 6) is 0.550. The van der Waals surface area contributed by atoms with Crippen LogP contribution in [0.1, 0.15) is 36.6 Å². The molecule has 2 saturated heterocycles. The second kappa shape index (κ2) is 13.2. The van der Waals surface area contributed by atoms with Gasteiger partial charge in [-0.15, -0.1) is 0 Å². The van der Waals surface area contributed by atoms with Crippen molar-refractivity contribution in [2.45, 2.75) is 57.4 Å². The molecule has 0 radical (unpaired) electrons. The highest BCUT2D eigenvalue weighted by Crippen LogP contribution is 2.36. The molecule has 0 saturated carbocycles. The summed E-state index contributed by atoms with van der Waals surface area (Å²) in [4.78, 5) is 30.9. The predicted molar refractivity (Wildman–Crippen MR) is 176 cm³/mol. The smallest absolute Gasteiger partial charge is 0.318 e. The van der Waals surface area contributed by atoms with Gasteiger partial charge in [0.15, 0.2) is 0 Å². The van der Waals surface area contributed by atoms with E-state index in [0.29, 0.717) is 39.1 Å². The van der Waals surface area contributed by atoms with Crippen LogP contribution in [-0.4, -0.2) is 102 Å². The Hall–Kier alpha value is -4.27. The summed E-state index contributed by atoms with van der Waals surface area (Å²) >= 11 is 0. The number of halogens is 1. The van der Waals surface area contributed by atoms with Crippen molar-refractivity contribution in [3.63, 3.8) is 0 Å². The van der Waals surface area contributed by atoms with E-state index in [1.165, 1.54) is 28.5 Å². The number of aryl methyl sites for hydroxylation is 1. The molecule has 0 aliphatic carbocycles. The topological polar surface area (TPSA) is 109 Å². The van der Waals surface area contributed by atoms with Gasteiger partial charge in [0.1, 0.15) is 18.1 Å². The first kappa shape index (κ1) is 31.7. The molecule has 1 aromatic heterocycles. The van der Waals surface area contributed by atoms with E-state index in [4.69, 9.17) is 19.8 Å². The number of nitrogens with zero attached hydrogens (tertiary/aromatic N) is 7. The van der Waals surface area contributed by atoms with Gasteiger partial charge in [-0.05, 0) is 44.3 Å². The molecule has 1 amide bonds. The number of hydrogen-bond acceptors (Lipinski definition) is 9. The molecule has 0 bridgehead atoms. The zero-order valence-electron chi connectivity index (χ0n) is 26.8. The number of likely N-dealkylation sites (N-methyl/N-ethyl adjacent to an activating group) is 1. The monoisotopic (exact) mass is 627 g/mol. The second-order valence-corrected chi connectivity index (χ2v) is 13.0. The maximum Gasteiger partial charge on any atom is 0.318 e. The first-order chi connectivity index (χ1) is 22.2. The molecular formula is C35H42FN7O3. The van der Waals surface area contributed by atoms with Crippen molar-refractivity contribution >= 4 is 28.2 Å². The Morgan fingerprint density at radius 1 is 1.17 bits per heavy atom. The van der Waals surface area contributed by atoms with Crippen LogP contribution in [-0.2, 0) is 17.8 Å². The molecule has 0 spiro atoms. The third-order valence-electron chi connectivity index (χ3n) is 9.48. The Labute approximate surface area is 269 Å². The number of aliphatic hydroxyl groups excluding tert-OH is 1. The zero-order chi connectivity index (χ0) is 32.4. The fraction of sp³-hybridized carbons (Fsp3) is 0.486. The highest BCUT2D eigenvalue weighted by Gasteiger charge is 2.40. The number of nitriles is 1. The fourth-order valence-corrected chi connectivity index (χ4v) is 7.27.